The molecule has 1 saturated heterocycles. The molecule has 0 aromatic heterocycles. The Morgan fingerprint density at radius 1 is 1.00 bits per heavy atom. The van der Waals surface area contributed by atoms with Crippen molar-refractivity contribution < 1.29 is 24.0 Å². The highest BCUT2D eigenvalue weighted by atomic mass is 16.6. The Morgan fingerprint density at radius 3 is 2.33 bits per heavy atom. The van der Waals surface area contributed by atoms with Crippen LogP contribution in [0.2, 0.25) is 0 Å². The maximum Gasteiger partial charge on any atom is 0.343 e. The number of non-ortho nitro benzene ring substituents is 1. The van der Waals surface area contributed by atoms with E-state index in [2.05, 4.69) is 0 Å². The molecule has 2 fully saturated rings. The summed E-state index contributed by atoms with van der Waals surface area (Å²) < 4.78 is 5.33. The summed E-state index contributed by atoms with van der Waals surface area (Å²) in [7, 11) is 0. The second-order valence-electron chi connectivity index (χ2n) is 7.71. The lowest BCUT2D eigenvalue weighted by molar-refractivity contribution is -0.384. The van der Waals surface area contributed by atoms with E-state index in [1.165, 1.54) is 35.2 Å². The molecule has 8 nitrogen and oxygen atoms in total. The van der Waals surface area contributed by atoms with Crippen molar-refractivity contribution in [2.75, 3.05) is 4.90 Å². The van der Waals surface area contributed by atoms with Gasteiger partial charge in [-0.25, -0.2) is 9.69 Å². The average molecular weight is 404 g/mol. The lowest BCUT2D eigenvalue weighted by atomic mass is 9.85. The molecule has 2 amide bonds. The zero-order valence-corrected chi connectivity index (χ0v) is 15.6. The number of allylic oxidation sites excluding steroid dienone is 2. The summed E-state index contributed by atoms with van der Waals surface area (Å²) in [6.45, 7) is 0. The maximum absolute atomic E-state index is 12.9. The molecular weight excluding hydrogens is 388 g/mol. The van der Waals surface area contributed by atoms with E-state index in [0.29, 0.717) is 5.69 Å². The molecule has 0 radical (unpaired) electrons. The van der Waals surface area contributed by atoms with E-state index in [0.717, 1.165) is 12.5 Å². The third-order valence-electron chi connectivity index (χ3n) is 6.05. The van der Waals surface area contributed by atoms with Crippen LogP contribution < -0.4 is 9.64 Å². The van der Waals surface area contributed by atoms with Crippen molar-refractivity contribution in [3.63, 3.8) is 0 Å². The first-order valence-electron chi connectivity index (χ1n) is 9.57. The summed E-state index contributed by atoms with van der Waals surface area (Å²) in [4.78, 5) is 49.8. The van der Waals surface area contributed by atoms with Gasteiger partial charge in [-0.3, -0.25) is 19.7 Å². The van der Waals surface area contributed by atoms with Gasteiger partial charge in [-0.05, 0) is 36.5 Å². The van der Waals surface area contributed by atoms with Gasteiger partial charge in [0, 0.05) is 18.2 Å². The molecular formula is C22H16N2O6. The highest BCUT2D eigenvalue weighted by molar-refractivity contribution is 6.22. The number of ether oxygens (including phenoxy) is 1. The fourth-order valence-corrected chi connectivity index (χ4v) is 4.76. The number of nitro groups is 1. The van der Waals surface area contributed by atoms with Gasteiger partial charge in [0.15, 0.2) is 0 Å². The maximum atomic E-state index is 12.9. The van der Waals surface area contributed by atoms with Gasteiger partial charge in [0.05, 0.1) is 28.0 Å². The number of fused-ring (bicyclic) bond motifs is 5. The highest BCUT2D eigenvalue weighted by Gasteiger charge is 2.59. The Bertz CT molecular complexity index is 1110. The summed E-state index contributed by atoms with van der Waals surface area (Å²) in [5.41, 5.74) is 0.157. The number of anilines is 1. The Labute approximate surface area is 170 Å². The van der Waals surface area contributed by atoms with E-state index in [1.54, 1.807) is 12.1 Å². The number of amides is 2. The van der Waals surface area contributed by atoms with Gasteiger partial charge >= 0.3 is 5.97 Å². The van der Waals surface area contributed by atoms with Gasteiger partial charge in [-0.2, -0.15) is 0 Å². The smallest absolute Gasteiger partial charge is 0.343 e. The number of carbonyl (C=O) groups excluding carboxylic acids is 3. The zero-order chi connectivity index (χ0) is 21.0. The highest BCUT2D eigenvalue weighted by Crippen LogP contribution is 2.53. The number of nitrogens with zero attached hydrogens (tertiary/aromatic N) is 2. The molecule has 2 aromatic rings. The molecule has 3 aliphatic rings. The third kappa shape index (κ3) is 2.72. The first kappa shape index (κ1) is 18.2. The first-order chi connectivity index (χ1) is 14.4. The number of rotatable bonds is 4. The minimum Gasteiger partial charge on any atom is -0.423 e. The molecule has 8 heteroatoms. The molecule has 4 atom stereocenters. The normalized spacial score (nSPS) is 26.2. The largest absolute Gasteiger partial charge is 0.423 e. The van der Waals surface area contributed by atoms with Gasteiger partial charge in [0.1, 0.15) is 5.75 Å². The summed E-state index contributed by atoms with van der Waals surface area (Å²) in [5, 5.41) is 10.9. The van der Waals surface area contributed by atoms with Gasteiger partial charge in [-0.15, -0.1) is 0 Å². The molecule has 1 aliphatic heterocycles. The number of benzene rings is 2. The summed E-state index contributed by atoms with van der Waals surface area (Å²) >= 11 is 0. The van der Waals surface area contributed by atoms with Crippen LogP contribution in [0.1, 0.15) is 16.8 Å². The monoisotopic (exact) mass is 404 g/mol. The molecule has 0 N–H and O–H groups in total. The van der Waals surface area contributed by atoms with Crippen LogP contribution in [0.3, 0.4) is 0 Å². The van der Waals surface area contributed by atoms with Crippen molar-refractivity contribution in [1.29, 1.82) is 0 Å². The van der Waals surface area contributed by atoms with Crippen LogP contribution in [0, 0.1) is 33.8 Å². The van der Waals surface area contributed by atoms with E-state index in [-0.39, 0.29) is 52.5 Å². The molecule has 0 spiro atoms. The van der Waals surface area contributed by atoms with Gasteiger partial charge < -0.3 is 4.74 Å². The number of nitro benzene ring substituents is 1. The van der Waals surface area contributed by atoms with Crippen LogP contribution in [-0.4, -0.2) is 22.7 Å². The molecule has 2 aliphatic carbocycles. The van der Waals surface area contributed by atoms with Crippen LogP contribution in [-0.2, 0) is 9.59 Å². The van der Waals surface area contributed by atoms with Crippen molar-refractivity contribution in [1.82, 2.24) is 0 Å². The van der Waals surface area contributed by atoms with Crippen LogP contribution in [0.5, 0.6) is 5.75 Å². The molecule has 1 saturated carbocycles. The molecule has 2 bridgehead atoms. The number of hydrogen-bond acceptors (Lipinski definition) is 6. The fraction of sp³-hybridized carbons (Fsp3) is 0.227. The quantitative estimate of drug-likeness (QED) is 0.194. The SMILES string of the molecule is O=C(Oc1cccc(N2C(=O)C3C4C=CC(C4)C3C2=O)c1)c1cccc([N+](=O)[O-])c1. The molecule has 4 unspecified atom stereocenters. The molecule has 2 aromatic carbocycles. The molecule has 5 rings (SSSR count). The van der Waals surface area contributed by atoms with E-state index in [1.807, 2.05) is 12.2 Å². The Hall–Kier alpha value is -3.81. The molecule has 30 heavy (non-hydrogen) atoms. The van der Waals surface area contributed by atoms with Crippen LogP contribution in [0.4, 0.5) is 11.4 Å². The lowest BCUT2D eigenvalue weighted by Gasteiger charge is -2.18. The van der Waals surface area contributed by atoms with E-state index >= 15 is 0 Å². The fourth-order valence-electron chi connectivity index (χ4n) is 4.76. The average Bonchev–Trinajstić information content (AvgIpc) is 3.42. The summed E-state index contributed by atoms with van der Waals surface area (Å²) in [5.74, 6) is -1.48. The Balaban J connectivity index is 1.38. The van der Waals surface area contributed by atoms with Crippen molar-refractivity contribution in [2.45, 2.75) is 6.42 Å². The molecule has 150 valence electrons. The van der Waals surface area contributed by atoms with Gasteiger partial charge in [0.2, 0.25) is 11.8 Å². The second-order valence-corrected chi connectivity index (χ2v) is 7.71. The minimum absolute atomic E-state index is 0.0279. The van der Waals surface area contributed by atoms with Crippen molar-refractivity contribution in [3.05, 3.63) is 76.4 Å². The lowest BCUT2D eigenvalue weighted by Crippen LogP contribution is -2.32. The standard InChI is InChI=1S/C22H16N2O6/c25-20-18-12-7-8-13(9-12)19(18)21(26)23(20)15-4-2-6-17(11-15)30-22(27)14-3-1-5-16(10-14)24(28)29/h1-8,10-13,18-19H,9H2. The first-order valence-corrected chi connectivity index (χ1v) is 9.57. The van der Waals surface area contributed by atoms with E-state index in [9.17, 15) is 24.5 Å². The van der Waals surface area contributed by atoms with E-state index < -0.39 is 10.9 Å². The number of carbonyl (C=O) groups is 3. The Morgan fingerprint density at radius 2 is 1.67 bits per heavy atom. The zero-order valence-electron chi connectivity index (χ0n) is 15.6. The van der Waals surface area contributed by atoms with E-state index in [4.69, 9.17) is 4.74 Å². The molecule has 1 heterocycles. The predicted octanol–water partition coefficient (Wildman–Crippen LogP) is 3.13. The number of hydrogen-bond donors (Lipinski definition) is 0. The predicted molar refractivity (Wildman–Crippen MR) is 105 cm³/mol. The van der Waals surface area contributed by atoms with Crippen molar-refractivity contribution in [3.8, 4) is 5.75 Å². The van der Waals surface area contributed by atoms with Gasteiger partial charge in [0.25, 0.3) is 5.69 Å². The van der Waals surface area contributed by atoms with Crippen molar-refractivity contribution in [2.24, 2.45) is 23.7 Å². The minimum atomic E-state index is -0.769. The Kier molecular flexibility index (Phi) is 4.02. The summed E-state index contributed by atoms with van der Waals surface area (Å²) in [6.07, 6.45) is 4.90. The summed E-state index contributed by atoms with van der Waals surface area (Å²) in [6, 6.07) is 11.4. The third-order valence-corrected chi connectivity index (χ3v) is 6.05. The number of esters is 1. The second kappa shape index (κ2) is 6.62. The van der Waals surface area contributed by atoms with Gasteiger partial charge in [-0.1, -0.05) is 24.3 Å². The van der Waals surface area contributed by atoms with Crippen LogP contribution >= 0.6 is 0 Å². The van der Waals surface area contributed by atoms with Crippen molar-refractivity contribution >= 4 is 29.2 Å². The number of imide groups is 1. The topological polar surface area (TPSA) is 107 Å². The van der Waals surface area contributed by atoms with Crippen LogP contribution in [0.15, 0.2) is 60.7 Å². The van der Waals surface area contributed by atoms with Crippen LogP contribution in [0.25, 0.3) is 0 Å².